The van der Waals surface area contributed by atoms with Crippen molar-refractivity contribution in [1.29, 1.82) is 0 Å². The van der Waals surface area contributed by atoms with Crippen molar-refractivity contribution in [2.24, 2.45) is 5.92 Å². The molecule has 0 aromatic heterocycles. The Balaban J connectivity index is 2.22. The van der Waals surface area contributed by atoms with Gasteiger partial charge in [0.1, 0.15) is 0 Å². The zero-order valence-electron chi connectivity index (χ0n) is 24.7. The number of hydrogen-bond donors (Lipinski definition) is 0. The molecule has 0 aliphatic heterocycles. The fraction of sp³-hybridized carbons (Fsp3) is 0.389. The molecular formula is C36H46Si. The molecule has 0 amide bonds. The van der Waals surface area contributed by atoms with E-state index in [1.807, 2.05) is 0 Å². The third-order valence-corrected chi connectivity index (χ3v) is 14.2. The first kappa shape index (κ1) is 27.4. The van der Waals surface area contributed by atoms with Crippen molar-refractivity contribution < 1.29 is 0 Å². The van der Waals surface area contributed by atoms with Crippen molar-refractivity contribution in [2.75, 3.05) is 0 Å². The fourth-order valence-corrected chi connectivity index (χ4v) is 12.1. The minimum Gasteiger partial charge on any atom is -0.0636 e. The molecule has 1 atom stereocenters. The first-order valence-corrected chi connectivity index (χ1v) is 16.2. The van der Waals surface area contributed by atoms with E-state index in [0.29, 0.717) is 23.7 Å². The Kier molecular flexibility index (Phi) is 7.86. The molecule has 3 aromatic rings. The molecule has 0 saturated heterocycles. The molecule has 1 unspecified atom stereocenters. The van der Waals surface area contributed by atoms with E-state index in [4.69, 9.17) is 0 Å². The molecule has 0 N–H and O–H groups in total. The van der Waals surface area contributed by atoms with Gasteiger partial charge in [-0.25, -0.2) is 0 Å². The van der Waals surface area contributed by atoms with Crippen LogP contribution in [0.3, 0.4) is 0 Å². The zero-order chi connectivity index (χ0) is 27.1. The van der Waals surface area contributed by atoms with Crippen molar-refractivity contribution >= 4 is 23.6 Å². The summed E-state index contributed by atoms with van der Waals surface area (Å²) in [7, 11) is -2.59. The highest BCUT2D eigenvalue weighted by molar-refractivity contribution is 7.16. The molecule has 1 heteroatoms. The Labute approximate surface area is 227 Å². The molecule has 194 valence electrons. The predicted molar refractivity (Wildman–Crippen MR) is 166 cm³/mol. The van der Waals surface area contributed by atoms with Gasteiger partial charge < -0.3 is 0 Å². The summed E-state index contributed by atoms with van der Waals surface area (Å²) in [6.45, 7) is 23.5. The second kappa shape index (κ2) is 10.6. The van der Waals surface area contributed by atoms with Gasteiger partial charge in [0, 0.05) is 0 Å². The Hall–Kier alpha value is -2.64. The lowest BCUT2D eigenvalue weighted by Gasteiger charge is -2.39. The van der Waals surface area contributed by atoms with Crippen LogP contribution in [0.15, 0.2) is 94.7 Å². The van der Waals surface area contributed by atoms with E-state index in [0.717, 1.165) is 0 Å². The van der Waals surface area contributed by atoms with Gasteiger partial charge in [-0.05, 0) is 82.3 Å². The minimum absolute atomic E-state index is 0.430. The highest BCUT2D eigenvalue weighted by atomic mass is 28.3. The summed E-state index contributed by atoms with van der Waals surface area (Å²) in [5, 5.41) is 6.22. The summed E-state index contributed by atoms with van der Waals surface area (Å²) in [5.74, 6) is 1.91. The summed E-state index contributed by atoms with van der Waals surface area (Å²) in [6, 6.07) is 28.9. The molecule has 0 spiro atoms. The number of benzene rings is 3. The summed E-state index contributed by atoms with van der Waals surface area (Å²) < 4.78 is 0. The lowest BCUT2D eigenvalue weighted by molar-refractivity contribution is 0.850. The maximum Gasteiger partial charge on any atom is 0.176 e. The van der Waals surface area contributed by atoms with Crippen molar-refractivity contribution in [3.05, 3.63) is 111 Å². The first-order valence-electron chi connectivity index (χ1n) is 14.2. The summed E-state index contributed by atoms with van der Waals surface area (Å²) in [6.07, 6.45) is 0. The van der Waals surface area contributed by atoms with E-state index in [1.165, 1.54) is 49.0 Å². The maximum absolute atomic E-state index is 2.59. The van der Waals surface area contributed by atoms with Crippen LogP contribution in [-0.2, 0) is 0 Å². The van der Waals surface area contributed by atoms with E-state index in [-0.39, 0.29) is 0 Å². The summed E-state index contributed by atoms with van der Waals surface area (Å²) >= 11 is 0. The lowest BCUT2D eigenvalue weighted by atomic mass is 10.0. The molecule has 0 radical (unpaired) electrons. The van der Waals surface area contributed by atoms with Crippen LogP contribution in [0.2, 0.25) is 0 Å². The van der Waals surface area contributed by atoms with Crippen LogP contribution in [0.1, 0.15) is 104 Å². The smallest absolute Gasteiger partial charge is 0.0636 e. The first-order chi connectivity index (χ1) is 17.5. The van der Waals surface area contributed by atoms with Gasteiger partial charge in [-0.15, -0.1) is 0 Å². The van der Waals surface area contributed by atoms with E-state index < -0.39 is 8.07 Å². The van der Waals surface area contributed by atoms with Gasteiger partial charge in [0.25, 0.3) is 0 Å². The Morgan fingerprint density at radius 2 is 0.892 bits per heavy atom. The SMILES string of the molecule is CC1=C(C)C(C)C([Si](c2cccc(C(C)C)c2)(c2cccc(C(C)C)c2)c2cccc(C(C)C)c2)=C1C. The van der Waals surface area contributed by atoms with Crippen LogP contribution in [0.5, 0.6) is 0 Å². The molecule has 0 saturated carbocycles. The molecule has 3 aromatic carbocycles. The average Bonchev–Trinajstić information content (AvgIpc) is 3.08. The van der Waals surface area contributed by atoms with Gasteiger partial charge in [0.15, 0.2) is 8.07 Å². The molecule has 37 heavy (non-hydrogen) atoms. The van der Waals surface area contributed by atoms with Crippen molar-refractivity contribution in [1.82, 2.24) is 0 Å². The standard InChI is InChI=1S/C36H46Si/c1-23(2)30-14-11-17-33(20-30)37(34-18-12-15-31(21-34)24(3)4,35-19-13-16-32(22-35)25(5)6)36-28(9)26(7)27(8)29(36)10/h11-25,28H,1-10H3. The average molecular weight is 507 g/mol. The summed E-state index contributed by atoms with van der Waals surface area (Å²) in [5.41, 5.74) is 8.82. The Morgan fingerprint density at radius 3 is 1.16 bits per heavy atom. The number of hydrogen-bond acceptors (Lipinski definition) is 0. The van der Waals surface area contributed by atoms with Crippen molar-refractivity contribution in [3.63, 3.8) is 0 Å². The topological polar surface area (TPSA) is 0 Å². The Morgan fingerprint density at radius 1 is 0.541 bits per heavy atom. The van der Waals surface area contributed by atoms with Crippen LogP contribution < -0.4 is 15.6 Å². The van der Waals surface area contributed by atoms with Gasteiger partial charge in [0.05, 0.1) is 0 Å². The monoisotopic (exact) mass is 506 g/mol. The molecule has 0 heterocycles. The maximum atomic E-state index is 2.55. The van der Waals surface area contributed by atoms with Crippen LogP contribution in [-0.4, -0.2) is 8.07 Å². The van der Waals surface area contributed by atoms with Crippen LogP contribution >= 0.6 is 0 Å². The second-order valence-electron chi connectivity index (χ2n) is 12.2. The molecule has 0 bridgehead atoms. The highest BCUT2D eigenvalue weighted by Gasteiger charge is 2.48. The van der Waals surface area contributed by atoms with Gasteiger partial charge in [-0.2, -0.15) is 0 Å². The molecule has 0 nitrogen and oxygen atoms in total. The number of allylic oxidation sites excluding steroid dienone is 4. The Bertz CT molecular complexity index is 1220. The van der Waals surface area contributed by atoms with Crippen molar-refractivity contribution in [2.45, 2.75) is 87.0 Å². The third kappa shape index (κ3) is 4.72. The normalized spacial score (nSPS) is 16.6. The lowest BCUT2D eigenvalue weighted by Crippen LogP contribution is -2.69. The highest BCUT2D eigenvalue weighted by Crippen LogP contribution is 2.41. The van der Waals surface area contributed by atoms with Crippen molar-refractivity contribution in [3.8, 4) is 0 Å². The van der Waals surface area contributed by atoms with Gasteiger partial charge in [-0.3, -0.25) is 0 Å². The molecule has 0 fully saturated rings. The van der Waals surface area contributed by atoms with Gasteiger partial charge in [0.2, 0.25) is 0 Å². The predicted octanol–water partition coefficient (Wildman–Crippen LogP) is 8.37. The number of rotatable bonds is 7. The van der Waals surface area contributed by atoms with Crippen LogP contribution in [0, 0.1) is 5.92 Å². The van der Waals surface area contributed by atoms with E-state index in [1.54, 1.807) is 5.20 Å². The molecule has 1 aliphatic carbocycles. The van der Waals surface area contributed by atoms with Gasteiger partial charge in [-0.1, -0.05) is 138 Å². The summed E-state index contributed by atoms with van der Waals surface area (Å²) in [4.78, 5) is 0. The minimum atomic E-state index is -2.59. The van der Waals surface area contributed by atoms with Crippen LogP contribution in [0.4, 0.5) is 0 Å². The van der Waals surface area contributed by atoms with E-state index >= 15 is 0 Å². The molecule has 4 rings (SSSR count). The van der Waals surface area contributed by atoms with E-state index in [9.17, 15) is 0 Å². The van der Waals surface area contributed by atoms with Gasteiger partial charge >= 0.3 is 0 Å². The molecular weight excluding hydrogens is 460 g/mol. The van der Waals surface area contributed by atoms with E-state index in [2.05, 4.69) is 142 Å². The fourth-order valence-electron chi connectivity index (χ4n) is 6.33. The second-order valence-corrected chi connectivity index (χ2v) is 15.9. The largest absolute Gasteiger partial charge is 0.176 e. The van der Waals surface area contributed by atoms with Crippen LogP contribution in [0.25, 0.3) is 0 Å². The molecule has 1 aliphatic rings. The third-order valence-electron chi connectivity index (χ3n) is 9.00. The zero-order valence-corrected chi connectivity index (χ0v) is 25.7. The quantitative estimate of drug-likeness (QED) is 0.223.